The molecule has 5 rings (SSSR count). The molecule has 3 heterocycles. The van der Waals surface area contributed by atoms with Crippen molar-refractivity contribution >= 4 is 28.6 Å². The molecule has 0 saturated heterocycles. The van der Waals surface area contributed by atoms with Crippen LogP contribution in [0.1, 0.15) is 28.7 Å². The molecule has 0 unspecified atom stereocenters. The third-order valence-electron chi connectivity index (χ3n) is 6.06. The third-order valence-corrected chi connectivity index (χ3v) is 7.03. The van der Waals surface area contributed by atoms with Crippen molar-refractivity contribution in [2.45, 2.75) is 38.1 Å². The minimum Gasteiger partial charge on any atom is -0.337 e. The van der Waals surface area contributed by atoms with Crippen molar-refractivity contribution in [1.29, 1.82) is 0 Å². The molecule has 0 spiro atoms. The Morgan fingerprint density at radius 3 is 2.69 bits per heavy atom. The highest BCUT2D eigenvalue weighted by molar-refractivity contribution is 7.99. The van der Waals surface area contributed by atoms with Crippen molar-refractivity contribution in [2.24, 2.45) is 0 Å². The molecule has 0 saturated carbocycles. The molecule has 0 bridgehead atoms. The van der Waals surface area contributed by atoms with E-state index in [1.165, 1.54) is 16.7 Å². The molecule has 29 heavy (non-hydrogen) atoms. The third kappa shape index (κ3) is 3.48. The molecule has 3 aromatic rings. The van der Waals surface area contributed by atoms with E-state index in [-0.39, 0.29) is 11.5 Å². The predicted molar refractivity (Wildman–Crippen MR) is 118 cm³/mol. The van der Waals surface area contributed by atoms with Crippen molar-refractivity contribution in [2.75, 3.05) is 12.3 Å². The second-order valence-corrected chi connectivity index (χ2v) is 8.90. The highest BCUT2D eigenvalue weighted by atomic mass is 32.2. The fourth-order valence-electron chi connectivity index (χ4n) is 4.58. The van der Waals surface area contributed by atoms with E-state index in [0.29, 0.717) is 18.1 Å². The number of fused-ring (bicyclic) bond motifs is 1. The molecule has 2 aliphatic heterocycles. The molecule has 2 aliphatic rings. The Labute approximate surface area is 174 Å². The topological polar surface area (TPSA) is 42.3 Å². The lowest BCUT2D eigenvalue weighted by Gasteiger charge is -2.28. The molecule has 2 aromatic carbocycles. The number of aromatic nitrogens is 1. The van der Waals surface area contributed by atoms with Gasteiger partial charge in [0.25, 0.3) is 5.56 Å². The van der Waals surface area contributed by atoms with E-state index in [9.17, 15) is 9.59 Å². The summed E-state index contributed by atoms with van der Waals surface area (Å²) in [4.78, 5) is 27.6. The Morgan fingerprint density at radius 1 is 0.966 bits per heavy atom. The normalized spacial score (nSPS) is 15.4. The Balaban J connectivity index is 1.28. The molecule has 0 atom stereocenters. The summed E-state index contributed by atoms with van der Waals surface area (Å²) in [7, 11) is 0. The SMILES string of the molecule is O=C(CSCc1cc2cccc3c2n(c1=O)CCC3)N1CCc2ccccc2C1. The monoisotopic (exact) mass is 404 g/mol. The van der Waals surface area contributed by atoms with Crippen LogP contribution in [0.5, 0.6) is 0 Å². The Hall–Kier alpha value is -2.53. The van der Waals surface area contributed by atoms with Gasteiger partial charge in [-0.2, -0.15) is 0 Å². The van der Waals surface area contributed by atoms with E-state index in [2.05, 4.69) is 36.4 Å². The number of carbonyl (C=O) groups excluding carboxylic acids is 1. The Morgan fingerprint density at radius 2 is 1.79 bits per heavy atom. The highest BCUT2D eigenvalue weighted by Gasteiger charge is 2.21. The van der Waals surface area contributed by atoms with E-state index >= 15 is 0 Å². The number of thioether (sulfide) groups is 1. The fourth-order valence-corrected chi connectivity index (χ4v) is 5.46. The van der Waals surface area contributed by atoms with Gasteiger partial charge in [-0.05, 0) is 47.4 Å². The summed E-state index contributed by atoms with van der Waals surface area (Å²) < 4.78 is 1.94. The second kappa shape index (κ2) is 7.71. The molecule has 0 radical (unpaired) electrons. The minimum absolute atomic E-state index is 0.108. The van der Waals surface area contributed by atoms with Gasteiger partial charge in [-0.25, -0.2) is 0 Å². The number of nitrogens with zero attached hydrogens (tertiary/aromatic N) is 2. The van der Waals surface area contributed by atoms with Crippen molar-refractivity contribution < 1.29 is 4.79 Å². The molecule has 1 aromatic heterocycles. The zero-order chi connectivity index (χ0) is 19.8. The van der Waals surface area contributed by atoms with Gasteiger partial charge in [-0.3, -0.25) is 9.59 Å². The van der Waals surface area contributed by atoms with Gasteiger partial charge in [-0.1, -0.05) is 42.5 Å². The zero-order valence-corrected chi connectivity index (χ0v) is 17.2. The quantitative estimate of drug-likeness (QED) is 0.665. The molecule has 0 fully saturated rings. The van der Waals surface area contributed by atoms with E-state index in [1.54, 1.807) is 11.8 Å². The Bertz CT molecular complexity index is 1150. The lowest BCUT2D eigenvalue weighted by atomic mass is 10.00. The summed E-state index contributed by atoms with van der Waals surface area (Å²) in [5, 5.41) is 1.14. The maximum atomic E-state index is 13.0. The van der Waals surface area contributed by atoms with Gasteiger partial charge in [0.2, 0.25) is 5.91 Å². The average molecular weight is 405 g/mol. The molecule has 4 nitrogen and oxygen atoms in total. The smallest absolute Gasteiger partial charge is 0.255 e. The van der Waals surface area contributed by atoms with E-state index < -0.39 is 0 Å². The van der Waals surface area contributed by atoms with Crippen molar-refractivity contribution in [3.8, 4) is 0 Å². The number of pyridine rings is 1. The Kier molecular flexibility index (Phi) is 4.92. The van der Waals surface area contributed by atoms with Crippen LogP contribution in [0.15, 0.2) is 53.3 Å². The number of hydrogen-bond donors (Lipinski definition) is 0. The van der Waals surface area contributed by atoms with Gasteiger partial charge in [0, 0.05) is 31.0 Å². The first-order valence-electron chi connectivity index (χ1n) is 10.3. The standard InChI is InChI=1S/C24H24N2O2S/c27-22(25-12-10-17-5-1-2-6-20(17)14-25)16-29-15-21-13-19-8-3-7-18-9-4-11-26(23(18)19)24(21)28/h1-3,5-8,13H,4,9-12,14-16H2. The molecule has 148 valence electrons. The lowest BCUT2D eigenvalue weighted by molar-refractivity contribution is -0.129. The van der Waals surface area contributed by atoms with Crippen molar-refractivity contribution in [1.82, 2.24) is 9.47 Å². The van der Waals surface area contributed by atoms with Crippen molar-refractivity contribution in [3.05, 3.63) is 81.1 Å². The lowest BCUT2D eigenvalue weighted by Crippen LogP contribution is -2.37. The number of aryl methyl sites for hydroxylation is 2. The van der Waals surface area contributed by atoms with Gasteiger partial charge >= 0.3 is 0 Å². The van der Waals surface area contributed by atoms with Gasteiger partial charge in [0.05, 0.1) is 11.3 Å². The van der Waals surface area contributed by atoms with E-state index in [4.69, 9.17) is 0 Å². The summed E-state index contributed by atoms with van der Waals surface area (Å²) >= 11 is 1.55. The van der Waals surface area contributed by atoms with Crippen LogP contribution in [0.25, 0.3) is 10.9 Å². The van der Waals surface area contributed by atoms with Gasteiger partial charge in [-0.15, -0.1) is 11.8 Å². The van der Waals surface area contributed by atoms with Crippen molar-refractivity contribution in [3.63, 3.8) is 0 Å². The van der Waals surface area contributed by atoms with Crippen LogP contribution in [-0.4, -0.2) is 27.7 Å². The summed E-state index contributed by atoms with van der Waals surface area (Å²) in [6.07, 6.45) is 2.97. The summed E-state index contributed by atoms with van der Waals surface area (Å²) in [5.41, 5.74) is 5.88. The first-order chi connectivity index (χ1) is 14.2. The van der Waals surface area contributed by atoms with Crippen LogP contribution in [0.3, 0.4) is 0 Å². The van der Waals surface area contributed by atoms with Gasteiger partial charge in [0.15, 0.2) is 0 Å². The second-order valence-electron chi connectivity index (χ2n) is 7.91. The van der Waals surface area contributed by atoms with Gasteiger partial charge < -0.3 is 9.47 Å². The number of rotatable bonds is 4. The maximum absolute atomic E-state index is 13.0. The van der Waals surface area contributed by atoms with Crippen LogP contribution in [-0.2, 0) is 36.5 Å². The number of amides is 1. The number of benzene rings is 2. The van der Waals surface area contributed by atoms with E-state index in [0.717, 1.165) is 48.8 Å². The number of para-hydroxylation sites is 1. The number of hydrogen-bond acceptors (Lipinski definition) is 3. The van der Waals surface area contributed by atoms with Crippen LogP contribution in [0.4, 0.5) is 0 Å². The molecule has 0 N–H and O–H groups in total. The summed E-state index contributed by atoms with van der Waals surface area (Å²) in [6, 6.07) is 16.7. The average Bonchev–Trinajstić information content (AvgIpc) is 2.76. The number of carbonyl (C=O) groups is 1. The largest absolute Gasteiger partial charge is 0.337 e. The summed E-state index contributed by atoms with van der Waals surface area (Å²) in [6.45, 7) is 2.26. The first kappa shape index (κ1) is 18.5. The summed E-state index contributed by atoms with van der Waals surface area (Å²) in [5.74, 6) is 1.16. The first-order valence-corrected chi connectivity index (χ1v) is 11.4. The zero-order valence-electron chi connectivity index (χ0n) is 16.4. The van der Waals surface area contributed by atoms with Gasteiger partial charge in [0.1, 0.15) is 0 Å². The predicted octanol–water partition coefficient (Wildman–Crippen LogP) is 3.77. The molecule has 5 heteroatoms. The molecular weight excluding hydrogens is 380 g/mol. The highest BCUT2D eigenvalue weighted by Crippen LogP contribution is 2.25. The van der Waals surface area contributed by atoms with Crippen LogP contribution in [0.2, 0.25) is 0 Å². The fraction of sp³-hybridized carbons (Fsp3) is 0.333. The van der Waals surface area contributed by atoms with Crippen LogP contribution in [0, 0.1) is 0 Å². The molecule has 1 amide bonds. The molecular formula is C24H24N2O2S. The van der Waals surface area contributed by atoms with E-state index in [1.807, 2.05) is 21.6 Å². The van der Waals surface area contributed by atoms with Crippen LogP contribution >= 0.6 is 11.8 Å². The minimum atomic E-state index is 0.108. The van der Waals surface area contributed by atoms with Crippen LogP contribution < -0.4 is 5.56 Å². The maximum Gasteiger partial charge on any atom is 0.255 e. The molecule has 0 aliphatic carbocycles.